The van der Waals surface area contributed by atoms with E-state index in [9.17, 15) is 32.5 Å². The topological polar surface area (TPSA) is 132 Å². The Bertz CT molecular complexity index is 1110. The standard InChI is InChI=1S/C18H19FN4O6S/c19-13-1-4-16(5-2-13)30(28,29)20-14-7-9-21(10-8-14)18(25)12-22-11-15(23(26)27)3-6-17(22)24/h1-6,11,14,20H,7-10,12H2. The van der Waals surface area contributed by atoms with Crippen LogP contribution in [0.2, 0.25) is 0 Å². The van der Waals surface area contributed by atoms with Gasteiger partial charge in [-0.3, -0.25) is 24.3 Å². The quantitative estimate of drug-likeness (QED) is 0.526. The van der Waals surface area contributed by atoms with E-state index in [1.54, 1.807) is 0 Å². The number of nitro groups is 1. The number of sulfonamides is 1. The van der Waals surface area contributed by atoms with E-state index >= 15 is 0 Å². The van der Waals surface area contributed by atoms with Gasteiger partial charge in [-0.05, 0) is 37.1 Å². The molecule has 1 saturated heterocycles. The molecule has 10 nitrogen and oxygen atoms in total. The molecule has 0 spiro atoms. The molecule has 0 bridgehead atoms. The van der Waals surface area contributed by atoms with E-state index in [0.717, 1.165) is 35.0 Å². The van der Waals surface area contributed by atoms with Gasteiger partial charge in [-0.2, -0.15) is 0 Å². The summed E-state index contributed by atoms with van der Waals surface area (Å²) in [6.07, 6.45) is 1.73. The minimum absolute atomic E-state index is 0.0487. The van der Waals surface area contributed by atoms with Crippen LogP contribution in [0.25, 0.3) is 0 Å². The summed E-state index contributed by atoms with van der Waals surface area (Å²) in [6, 6.07) is 6.17. The van der Waals surface area contributed by atoms with Crippen molar-refractivity contribution in [1.29, 1.82) is 0 Å². The highest BCUT2D eigenvalue weighted by Crippen LogP contribution is 2.16. The predicted molar refractivity (Wildman–Crippen MR) is 104 cm³/mol. The van der Waals surface area contributed by atoms with Crippen molar-refractivity contribution in [2.24, 2.45) is 0 Å². The lowest BCUT2D eigenvalue weighted by atomic mass is 10.1. The van der Waals surface area contributed by atoms with Crippen LogP contribution in [0.15, 0.2) is 52.3 Å². The molecular formula is C18H19FN4O6S. The van der Waals surface area contributed by atoms with Crippen LogP contribution in [-0.4, -0.2) is 47.8 Å². The van der Waals surface area contributed by atoms with Gasteiger partial charge in [0.2, 0.25) is 15.9 Å². The first-order valence-electron chi connectivity index (χ1n) is 9.06. The zero-order valence-corrected chi connectivity index (χ0v) is 16.5. The maximum Gasteiger partial charge on any atom is 0.285 e. The van der Waals surface area contributed by atoms with Gasteiger partial charge in [-0.1, -0.05) is 0 Å². The molecular weight excluding hydrogens is 419 g/mol. The number of benzene rings is 1. The van der Waals surface area contributed by atoms with Crippen molar-refractivity contribution >= 4 is 21.6 Å². The monoisotopic (exact) mass is 438 g/mol. The molecule has 2 aromatic rings. The van der Waals surface area contributed by atoms with Crippen molar-refractivity contribution < 1.29 is 22.5 Å². The molecule has 2 heterocycles. The highest BCUT2D eigenvalue weighted by atomic mass is 32.2. The summed E-state index contributed by atoms with van der Waals surface area (Å²) < 4.78 is 41.3. The first kappa shape index (κ1) is 21.6. The molecule has 1 aliphatic heterocycles. The Hall–Kier alpha value is -3.12. The molecule has 1 fully saturated rings. The molecule has 30 heavy (non-hydrogen) atoms. The molecule has 3 rings (SSSR count). The third kappa shape index (κ3) is 5.07. The van der Waals surface area contributed by atoms with Crippen LogP contribution in [-0.2, 0) is 21.4 Å². The Morgan fingerprint density at radius 3 is 2.40 bits per heavy atom. The molecule has 0 aliphatic carbocycles. The number of rotatable bonds is 6. The van der Waals surface area contributed by atoms with E-state index in [-0.39, 0.29) is 30.2 Å². The van der Waals surface area contributed by atoms with Crippen LogP contribution >= 0.6 is 0 Å². The largest absolute Gasteiger partial charge is 0.341 e. The fourth-order valence-corrected chi connectivity index (χ4v) is 4.45. The normalized spacial score (nSPS) is 15.2. The molecule has 160 valence electrons. The van der Waals surface area contributed by atoms with Crippen molar-refractivity contribution in [1.82, 2.24) is 14.2 Å². The van der Waals surface area contributed by atoms with Crippen LogP contribution in [0, 0.1) is 15.9 Å². The number of aromatic nitrogens is 1. The Morgan fingerprint density at radius 1 is 1.17 bits per heavy atom. The Morgan fingerprint density at radius 2 is 1.80 bits per heavy atom. The highest BCUT2D eigenvalue weighted by molar-refractivity contribution is 7.89. The molecule has 1 aromatic carbocycles. The number of piperidine rings is 1. The smallest absolute Gasteiger partial charge is 0.285 e. The number of hydrogen-bond donors (Lipinski definition) is 1. The van der Waals surface area contributed by atoms with Gasteiger partial charge in [-0.15, -0.1) is 0 Å². The minimum Gasteiger partial charge on any atom is -0.341 e. The summed E-state index contributed by atoms with van der Waals surface area (Å²) >= 11 is 0. The zero-order chi connectivity index (χ0) is 21.9. The molecule has 0 unspecified atom stereocenters. The summed E-state index contributed by atoms with van der Waals surface area (Å²) in [5.74, 6) is -0.930. The van der Waals surface area contributed by atoms with Gasteiger partial charge in [0.1, 0.15) is 12.4 Å². The lowest BCUT2D eigenvalue weighted by molar-refractivity contribution is -0.385. The van der Waals surface area contributed by atoms with E-state index in [0.29, 0.717) is 12.8 Å². The third-order valence-corrected chi connectivity index (χ3v) is 6.31. The van der Waals surface area contributed by atoms with Crippen LogP contribution in [0.3, 0.4) is 0 Å². The number of likely N-dealkylation sites (tertiary alicyclic amines) is 1. The van der Waals surface area contributed by atoms with E-state index in [4.69, 9.17) is 0 Å². The fraction of sp³-hybridized carbons (Fsp3) is 0.333. The predicted octanol–water partition coefficient (Wildman–Crippen LogP) is 0.865. The second kappa shape index (κ2) is 8.71. The van der Waals surface area contributed by atoms with Gasteiger partial charge in [0.15, 0.2) is 0 Å². The second-order valence-corrected chi connectivity index (χ2v) is 8.55. The number of nitrogens with one attached hydrogen (secondary N) is 1. The van der Waals surface area contributed by atoms with Crippen LogP contribution < -0.4 is 10.3 Å². The number of halogens is 1. The summed E-state index contributed by atoms with van der Waals surface area (Å²) in [4.78, 5) is 35.9. The number of carbonyl (C=O) groups is 1. The molecule has 12 heteroatoms. The molecule has 1 N–H and O–H groups in total. The third-order valence-electron chi connectivity index (χ3n) is 4.78. The fourth-order valence-electron chi connectivity index (χ4n) is 3.14. The first-order valence-corrected chi connectivity index (χ1v) is 10.5. The van der Waals surface area contributed by atoms with E-state index < -0.39 is 38.3 Å². The van der Waals surface area contributed by atoms with Gasteiger partial charge in [0, 0.05) is 31.3 Å². The van der Waals surface area contributed by atoms with E-state index in [1.807, 2.05) is 0 Å². The van der Waals surface area contributed by atoms with Gasteiger partial charge in [-0.25, -0.2) is 17.5 Å². The van der Waals surface area contributed by atoms with E-state index in [2.05, 4.69) is 4.72 Å². The summed E-state index contributed by atoms with van der Waals surface area (Å²) in [5, 5.41) is 10.8. The Balaban J connectivity index is 1.58. The van der Waals surface area contributed by atoms with Gasteiger partial charge >= 0.3 is 0 Å². The summed E-state index contributed by atoms with van der Waals surface area (Å²) in [7, 11) is -3.81. The van der Waals surface area contributed by atoms with E-state index in [1.165, 1.54) is 17.0 Å². The number of nitrogens with zero attached hydrogens (tertiary/aromatic N) is 3. The molecule has 0 atom stereocenters. The average Bonchev–Trinajstić information content (AvgIpc) is 2.70. The SMILES string of the molecule is O=C(Cn1cc([N+](=O)[O-])ccc1=O)N1CCC(NS(=O)(=O)c2ccc(F)cc2)CC1. The van der Waals surface area contributed by atoms with Crippen LogP contribution in [0.1, 0.15) is 12.8 Å². The van der Waals surface area contributed by atoms with Crippen molar-refractivity contribution in [2.45, 2.75) is 30.3 Å². The minimum atomic E-state index is -3.81. The van der Waals surface area contributed by atoms with Gasteiger partial charge < -0.3 is 4.90 Å². The van der Waals surface area contributed by atoms with Gasteiger partial charge in [0.25, 0.3) is 11.2 Å². The number of amides is 1. The Kier molecular flexibility index (Phi) is 6.27. The maximum atomic E-state index is 13.0. The van der Waals surface area contributed by atoms with Gasteiger partial charge in [0.05, 0.1) is 16.0 Å². The Labute approximate surface area is 171 Å². The summed E-state index contributed by atoms with van der Waals surface area (Å²) in [5.41, 5.74) is -0.827. The van der Waals surface area contributed by atoms with Crippen LogP contribution in [0.5, 0.6) is 0 Å². The van der Waals surface area contributed by atoms with Crippen molar-refractivity contribution in [2.75, 3.05) is 13.1 Å². The lowest BCUT2D eigenvalue weighted by Crippen LogP contribution is -2.47. The van der Waals surface area contributed by atoms with Crippen molar-refractivity contribution in [3.05, 3.63) is 68.9 Å². The maximum absolute atomic E-state index is 13.0. The number of hydrogen-bond acceptors (Lipinski definition) is 6. The first-order chi connectivity index (χ1) is 14.2. The number of carbonyl (C=O) groups excluding carboxylic acids is 1. The average molecular weight is 438 g/mol. The zero-order valence-electron chi connectivity index (χ0n) is 15.7. The lowest BCUT2D eigenvalue weighted by Gasteiger charge is -2.32. The molecule has 1 amide bonds. The second-order valence-electron chi connectivity index (χ2n) is 6.84. The summed E-state index contributed by atoms with van der Waals surface area (Å²) in [6.45, 7) is 0.185. The molecule has 1 aromatic heterocycles. The van der Waals surface area contributed by atoms with Crippen molar-refractivity contribution in [3.8, 4) is 0 Å². The van der Waals surface area contributed by atoms with Crippen LogP contribution in [0.4, 0.5) is 10.1 Å². The molecule has 0 saturated carbocycles. The molecule has 1 aliphatic rings. The highest BCUT2D eigenvalue weighted by Gasteiger charge is 2.27. The molecule has 0 radical (unpaired) electrons. The van der Waals surface area contributed by atoms with Crippen molar-refractivity contribution in [3.63, 3.8) is 0 Å². The number of pyridine rings is 1.